The molecule has 1 saturated heterocycles. The number of hydrogen-bond acceptors (Lipinski definition) is 4. The average Bonchev–Trinajstić information content (AvgIpc) is 3.31. The van der Waals surface area contributed by atoms with Gasteiger partial charge in [-0.25, -0.2) is 0 Å². The Hall–Kier alpha value is -0.620. The molecule has 2 unspecified atom stereocenters. The van der Waals surface area contributed by atoms with Crippen LogP contribution in [0.4, 0.5) is 0 Å². The zero-order valence-electron chi connectivity index (χ0n) is 12.0. The number of halogens is 1. The Bertz CT molecular complexity index is 432. The lowest BCUT2D eigenvalue weighted by atomic mass is 10.3. The van der Waals surface area contributed by atoms with Gasteiger partial charge in [-0.05, 0) is 43.0 Å². The van der Waals surface area contributed by atoms with Crippen molar-refractivity contribution in [3.05, 3.63) is 28.7 Å². The molecule has 1 heterocycles. The molecule has 1 aliphatic heterocycles. The summed E-state index contributed by atoms with van der Waals surface area (Å²) in [6.07, 6.45) is 2.62. The molecule has 116 valence electrons. The van der Waals surface area contributed by atoms with Crippen LogP contribution in [0.5, 0.6) is 5.75 Å². The van der Waals surface area contributed by atoms with E-state index in [4.69, 9.17) is 18.9 Å². The minimum Gasteiger partial charge on any atom is -0.491 e. The van der Waals surface area contributed by atoms with E-state index in [0.29, 0.717) is 26.4 Å². The van der Waals surface area contributed by atoms with E-state index >= 15 is 0 Å². The summed E-state index contributed by atoms with van der Waals surface area (Å²) >= 11 is 3.41. The molecule has 0 amide bonds. The second kappa shape index (κ2) is 7.58. The summed E-state index contributed by atoms with van der Waals surface area (Å²) < 4.78 is 24.0. The maximum absolute atomic E-state index is 5.95. The molecule has 2 aliphatic rings. The SMILES string of the molecule is Brc1ccc(OCC2COCC(COCC3CC3)O2)cc1. The van der Waals surface area contributed by atoms with E-state index in [0.717, 1.165) is 22.7 Å². The molecule has 1 saturated carbocycles. The quantitative estimate of drug-likeness (QED) is 0.752. The molecule has 0 radical (unpaired) electrons. The van der Waals surface area contributed by atoms with Gasteiger partial charge in [-0.2, -0.15) is 0 Å². The van der Waals surface area contributed by atoms with Crippen molar-refractivity contribution in [3.8, 4) is 5.75 Å². The Balaban J connectivity index is 1.37. The van der Waals surface area contributed by atoms with Crippen LogP contribution in [0.25, 0.3) is 0 Å². The lowest BCUT2D eigenvalue weighted by molar-refractivity contribution is -0.165. The first-order valence-electron chi connectivity index (χ1n) is 7.49. The van der Waals surface area contributed by atoms with Crippen molar-refractivity contribution < 1.29 is 18.9 Å². The van der Waals surface area contributed by atoms with Crippen molar-refractivity contribution in [2.45, 2.75) is 25.0 Å². The molecule has 0 spiro atoms. The summed E-state index contributed by atoms with van der Waals surface area (Å²) in [5, 5.41) is 0. The van der Waals surface area contributed by atoms with Gasteiger partial charge >= 0.3 is 0 Å². The van der Waals surface area contributed by atoms with Gasteiger partial charge in [-0.3, -0.25) is 0 Å². The standard InChI is InChI=1S/C16H21BrO4/c17-13-3-5-14(6-4-13)20-11-16-10-19-9-15(21-16)8-18-7-12-1-2-12/h3-6,12,15-16H,1-2,7-11H2. The molecule has 21 heavy (non-hydrogen) atoms. The fourth-order valence-corrected chi connectivity index (χ4v) is 2.49. The van der Waals surface area contributed by atoms with Gasteiger partial charge in [-0.15, -0.1) is 0 Å². The summed E-state index contributed by atoms with van der Waals surface area (Å²) in [4.78, 5) is 0. The lowest BCUT2D eigenvalue weighted by Crippen LogP contribution is -2.41. The fraction of sp³-hybridized carbons (Fsp3) is 0.625. The monoisotopic (exact) mass is 356 g/mol. The van der Waals surface area contributed by atoms with E-state index in [1.165, 1.54) is 12.8 Å². The van der Waals surface area contributed by atoms with Crippen molar-refractivity contribution in [2.24, 2.45) is 5.92 Å². The zero-order chi connectivity index (χ0) is 14.5. The maximum atomic E-state index is 5.95. The molecule has 0 bridgehead atoms. The molecule has 0 N–H and O–H groups in total. The van der Waals surface area contributed by atoms with Crippen LogP contribution in [0.2, 0.25) is 0 Å². The molecule has 1 aromatic carbocycles. The molecular formula is C16H21BrO4. The van der Waals surface area contributed by atoms with Gasteiger partial charge < -0.3 is 18.9 Å². The average molecular weight is 357 g/mol. The van der Waals surface area contributed by atoms with E-state index in [1.807, 2.05) is 24.3 Å². The highest BCUT2D eigenvalue weighted by molar-refractivity contribution is 9.10. The third-order valence-corrected chi connectivity index (χ3v) is 4.12. The summed E-state index contributed by atoms with van der Waals surface area (Å²) in [5.74, 6) is 1.62. The van der Waals surface area contributed by atoms with Gasteiger partial charge in [0, 0.05) is 11.1 Å². The molecule has 2 fully saturated rings. The molecule has 1 aliphatic carbocycles. The van der Waals surface area contributed by atoms with Crippen molar-refractivity contribution in [3.63, 3.8) is 0 Å². The van der Waals surface area contributed by atoms with Crippen molar-refractivity contribution >= 4 is 15.9 Å². The topological polar surface area (TPSA) is 36.9 Å². The molecule has 1 aromatic rings. The van der Waals surface area contributed by atoms with Gasteiger partial charge in [0.2, 0.25) is 0 Å². The number of rotatable bonds is 7. The molecule has 5 heteroatoms. The minimum absolute atomic E-state index is 0.0241. The van der Waals surface area contributed by atoms with Gasteiger partial charge in [0.15, 0.2) is 0 Å². The van der Waals surface area contributed by atoms with Crippen LogP contribution in [0, 0.1) is 5.92 Å². The molecule has 0 aromatic heterocycles. The van der Waals surface area contributed by atoms with Gasteiger partial charge in [-0.1, -0.05) is 15.9 Å². The number of ether oxygens (including phenoxy) is 4. The van der Waals surface area contributed by atoms with Crippen LogP contribution in [0.15, 0.2) is 28.7 Å². The summed E-state index contributed by atoms with van der Waals surface area (Å²) in [6, 6.07) is 7.79. The Morgan fingerprint density at radius 2 is 1.71 bits per heavy atom. The van der Waals surface area contributed by atoms with E-state index < -0.39 is 0 Å². The first kappa shape index (κ1) is 15.3. The highest BCUT2D eigenvalue weighted by atomic mass is 79.9. The van der Waals surface area contributed by atoms with Crippen LogP contribution >= 0.6 is 15.9 Å². The van der Waals surface area contributed by atoms with Crippen molar-refractivity contribution in [2.75, 3.05) is 33.0 Å². The first-order valence-corrected chi connectivity index (χ1v) is 8.28. The largest absolute Gasteiger partial charge is 0.491 e. The first-order chi connectivity index (χ1) is 10.3. The van der Waals surface area contributed by atoms with Crippen LogP contribution in [-0.2, 0) is 14.2 Å². The highest BCUT2D eigenvalue weighted by Crippen LogP contribution is 2.28. The van der Waals surface area contributed by atoms with E-state index in [1.54, 1.807) is 0 Å². The van der Waals surface area contributed by atoms with Crippen LogP contribution in [-0.4, -0.2) is 45.2 Å². The highest BCUT2D eigenvalue weighted by Gasteiger charge is 2.26. The third kappa shape index (κ3) is 5.25. The second-order valence-electron chi connectivity index (χ2n) is 5.66. The predicted octanol–water partition coefficient (Wildman–Crippen LogP) is 3.04. The van der Waals surface area contributed by atoms with E-state index in [9.17, 15) is 0 Å². The van der Waals surface area contributed by atoms with Gasteiger partial charge in [0.1, 0.15) is 24.6 Å². The Morgan fingerprint density at radius 3 is 2.43 bits per heavy atom. The third-order valence-electron chi connectivity index (χ3n) is 3.60. The van der Waals surface area contributed by atoms with Crippen LogP contribution in [0.1, 0.15) is 12.8 Å². The smallest absolute Gasteiger partial charge is 0.119 e. The fourth-order valence-electron chi connectivity index (χ4n) is 2.23. The Labute approximate surface area is 133 Å². The maximum Gasteiger partial charge on any atom is 0.119 e. The molecule has 3 rings (SSSR count). The van der Waals surface area contributed by atoms with Crippen molar-refractivity contribution in [1.29, 1.82) is 0 Å². The summed E-state index contributed by atoms with van der Waals surface area (Å²) in [5.41, 5.74) is 0. The van der Waals surface area contributed by atoms with Crippen LogP contribution < -0.4 is 4.74 Å². The van der Waals surface area contributed by atoms with Gasteiger partial charge in [0.05, 0.1) is 19.8 Å². The summed E-state index contributed by atoms with van der Waals surface area (Å²) in [7, 11) is 0. The molecule has 2 atom stereocenters. The molecular weight excluding hydrogens is 336 g/mol. The summed E-state index contributed by atoms with van der Waals surface area (Å²) in [6.45, 7) is 3.17. The zero-order valence-corrected chi connectivity index (χ0v) is 13.6. The predicted molar refractivity (Wildman–Crippen MR) is 82.7 cm³/mol. The van der Waals surface area contributed by atoms with E-state index in [-0.39, 0.29) is 12.2 Å². The Morgan fingerprint density at radius 1 is 1.00 bits per heavy atom. The number of benzene rings is 1. The molecule has 4 nitrogen and oxygen atoms in total. The van der Waals surface area contributed by atoms with E-state index in [2.05, 4.69) is 15.9 Å². The van der Waals surface area contributed by atoms with Crippen molar-refractivity contribution in [1.82, 2.24) is 0 Å². The number of hydrogen-bond donors (Lipinski definition) is 0. The normalized spacial score (nSPS) is 25.8. The van der Waals surface area contributed by atoms with Crippen LogP contribution in [0.3, 0.4) is 0 Å². The Kier molecular flexibility index (Phi) is 5.52. The van der Waals surface area contributed by atoms with Gasteiger partial charge in [0.25, 0.3) is 0 Å². The lowest BCUT2D eigenvalue weighted by Gasteiger charge is -2.30. The minimum atomic E-state index is -0.0306. The second-order valence-corrected chi connectivity index (χ2v) is 6.58.